The number of hydrogen-bond donors (Lipinski definition) is 3. The van der Waals surface area contributed by atoms with Crippen LogP contribution >= 0.6 is 0 Å². The molecule has 1 aliphatic rings. The van der Waals surface area contributed by atoms with Crippen molar-refractivity contribution in [3.8, 4) is 0 Å². The van der Waals surface area contributed by atoms with Gasteiger partial charge in [0.05, 0.1) is 0 Å². The zero-order chi connectivity index (χ0) is 10.6. The van der Waals surface area contributed by atoms with Crippen LogP contribution in [0.2, 0.25) is 0 Å². The summed E-state index contributed by atoms with van der Waals surface area (Å²) in [5.74, 6) is 0. The molecule has 1 atom stereocenters. The lowest BCUT2D eigenvalue weighted by Crippen LogP contribution is -2.39. The summed E-state index contributed by atoms with van der Waals surface area (Å²) in [6.45, 7) is -0.0937. The van der Waals surface area contributed by atoms with Gasteiger partial charge in [-0.3, -0.25) is 4.55 Å². The molecule has 1 saturated carbocycles. The molecule has 1 aliphatic carbocycles. The molecule has 0 aromatic heterocycles. The van der Waals surface area contributed by atoms with E-state index >= 15 is 0 Å². The van der Waals surface area contributed by atoms with Gasteiger partial charge in [-0.15, -0.1) is 0 Å². The first-order valence-corrected chi connectivity index (χ1v) is 6.38. The lowest BCUT2D eigenvalue weighted by atomic mass is 9.96. The fourth-order valence-electron chi connectivity index (χ4n) is 1.68. The molecule has 0 aromatic rings. The molecule has 84 valence electrons. The number of aliphatic hydroxyl groups is 1. The van der Waals surface area contributed by atoms with Crippen molar-refractivity contribution >= 4 is 10.1 Å². The van der Waals surface area contributed by atoms with E-state index in [0.29, 0.717) is 0 Å². The van der Waals surface area contributed by atoms with Gasteiger partial charge in [0.15, 0.2) is 5.44 Å². The minimum Gasteiger partial charge on any atom is -0.374 e. The third-order valence-electron chi connectivity index (χ3n) is 2.53. The van der Waals surface area contributed by atoms with Crippen LogP contribution in [0.3, 0.4) is 0 Å². The minimum atomic E-state index is -4.31. The van der Waals surface area contributed by atoms with Gasteiger partial charge in [0, 0.05) is 12.6 Å². The van der Waals surface area contributed by atoms with Crippen LogP contribution in [-0.2, 0) is 10.1 Å². The molecule has 0 saturated heterocycles. The highest BCUT2D eigenvalue weighted by Crippen LogP contribution is 2.17. The largest absolute Gasteiger partial charge is 0.374 e. The van der Waals surface area contributed by atoms with Crippen molar-refractivity contribution in [2.45, 2.75) is 43.6 Å². The Hall–Kier alpha value is -0.170. The minimum absolute atomic E-state index is 0.0937. The van der Waals surface area contributed by atoms with Crippen LogP contribution in [-0.4, -0.2) is 36.1 Å². The first-order chi connectivity index (χ1) is 6.50. The van der Waals surface area contributed by atoms with E-state index in [2.05, 4.69) is 5.32 Å². The van der Waals surface area contributed by atoms with Gasteiger partial charge in [-0.25, -0.2) is 0 Å². The average molecular weight is 223 g/mol. The fraction of sp³-hybridized carbons (Fsp3) is 1.00. The van der Waals surface area contributed by atoms with E-state index in [-0.39, 0.29) is 12.6 Å². The molecule has 6 heteroatoms. The molecule has 0 bridgehead atoms. The molecule has 1 rings (SSSR count). The summed E-state index contributed by atoms with van der Waals surface area (Å²) in [5, 5.41) is 12.0. The molecule has 1 fully saturated rings. The van der Waals surface area contributed by atoms with E-state index in [1.165, 1.54) is 6.42 Å². The topological polar surface area (TPSA) is 86.6 Å². The van der Waals surface area contributed by atoms with Crippen molar-refractivity contribution in [3.63, 3.8) is 0 Å². The zero-order valence-electron chi connectivity index (χ0n) is 8.02. The van der Waals surface area contributed by atoms with Crippen molar-refractivity contribution < 1.29 is 18.1 Å². The van der Waals surface area contributed by atoms with Crippen LogP contribution in [0, 0.1) is 0 Å². The Bertz CT molecular complexity index is 259. The number of rotatable bonds is 4. The predicted molar refractivity (Wildman–Crippen MR) is 52.4 cm³/mol. The zero-order valence-corrected chi connectivity index (χ0v) is 8.83. The van der Waals surface area contributed by atoms with Crippen LogP contribution in [0.15, 0.2) is 0 Å². The van der Waals surface area contributed by atoms with Crippen molar-refractivity contribution in [1.82, 2.24) is 5.32 Å². The molecular formula is C8H17NO4S. The second-order valence-electron chi connectivity index (χ2n) is 3.71. The molecule has 0 spiro atoms. The Morgan fingerprint density at radius 2 is 1.86 bits per heavy atom. The maximum Gasteiger partial charge on any atom is 0.293 e. The summed E-state index contributed by atoms with van der Waals surface area (Å²) in [7, 11) is -4.31. The van der Waals surface area contributed by atoms with Gasteiger partial charge in [-0.1, -0.05) is 19.3 Å². The quantitative estimate of drug-likeness (QED) is 0.589. The van der Waals surface area contributed by atoms with Gasteiger partial charge in [0.2, 0.25) is 0 Å². The van der Waals surface area contributed by atoms with Gasteiger partial charge in [-0.2, -0.15) is 8.42 Å². The van der Waals surface area contributed by atoms with Crippen molar-refractivity contribution in [2.75, 3.05) is 6.54 Å². The predicted octanol–water partition coefficient (Wildman–Crippen LogP) is 0.115. The number of nitrogens with one attached hydrogen (secondary N) is 1. The highest BCUT2D eigenvalue weighted by Gasteiger charge is 2.21. The van der Waals surface area contributed by atoms with Crippen molar-refractivity contribution in [2.24, 2.45) is 0 Å². The van der Waals surface area contributed by atoms with E-state index in [9.17, 15) is 8.42 Å². The smallest absolute Gasteiger partial charge is 0.293 e. The third-order valence-corrected chi connectivity index (χ3v) is 3.38. The third kappa shape index (κ3) is 3.91. The van der Waals surface area contributed by atoms with Gasteiger partial charge < -0.3 is 10.4 Å². The maximum atomic E-state index is 10.5. The summed E-state index contributed by atoms with van der Waals surface area (Å²) in [4.78, 5) is 0. The standard InChI is InChI=1S/C8H17NO4S/c10-8(14(11,12)13)6-9-7-4-2-1-3-5-7/h7-10H,1-6H2,(H,11,12,13). The summed E-state index contributed by atoms with van der Waals surface area (Å²) in [5.41, 5.74) is -1.70. The van der Waals surface area contributed by atoms with Gasteiger partial charge >= 0.3 is 0 Å². The van der Waals surface area contributed by atoms with Crippen LogP contribution < -0.4 is 5.32 Å². The second kappa shape index (κ2) is 5.06. The number of hydrogen-bond acceptors (Lipinski definition) is 4. The van der Waals surface area contributed by atoms with Crippen LogP contribution in [0.4, 0.5) is 0 Å². The van der Waals surface area contributed by atoms with E-state index in [1.807, 2.05) is 0 Å². The Morgan fingerprint density at radius 1 is 1.29 bits per heavy atom. The van der Waals surface area contributed by atoms with Crippen LogP contribution in [0.5, 0.6) is 0 Å². The highest BCUT2D eigenvalue weighted by atomic mass is 32.2. The summed E-state index contributed by atoms with van der Waals surface area (Å²) in [6.07, 6.45) is 5.52. The SMILES string of the molecule is O=S(=O)(O)C(O)CNC1CCCCC1. The molecule has 0 aromatic carbocycles. The van der Waals surface area contributed by atoms with E-state index in [4.69, 9.17) is 9.66 Å². The first kappa shape index (κ1) is 11.9. The molecule has 3 N–H and O–H groups in total. The van der Waals surface area contributed by atoms with E-state index in [1.54, 1.807) is 0 Å². The normalized spacial score (nSPS) is 22.1. The lowest BCUT2D eigenvalue weighted by Gasteiger charge is -2.23. The van der Waals surface area contributed by atoms with Crippen molar-refractivity contribution in [3.05, 3.63) is 0 Å². The van der Waals surface area contributed by atoms with E-state index in [0.717, 1.165) is 25.7 Å². The molecule has 0 amide bonds. The average Bonchev–Trinajstić information content (AvgIpc) is 2.14. The van der Waals surface area contributed by atoms with Crippen LogP contribution in [0.25, 0.3) is 0 Å². The fourth-order valence-corrected chi connectivity index (χ4v) is 1.99. The molecule has 0 aliphatic heterocycles. The Kier molecular flexibility index (Phi) is 4.31. The second-order valence-corrected chi connectivity index (χ2v) is 5.29. The molecule has 0 heterocycles. The molecular weight excluding hydrogens is 206 g/mol. The van der Waals surface area contributed by atoms with Gasteiger partial charge in [-0.05, 0) is 12.8 Å². The Balaban J connectivity index is 2.25. The Morgan fingerprint density at radius 3 is 2.36 bits per heavy atom. The molecule has 0 radical (unpaired) electrons. The molecule has 14 heavy (non-hydrogen) atoms. The lowest BCUT2D eigenvalue weighted by molar-refractivity contribution is 0.217. The Labute approximate surface area is 84.3 Å². The van der Waals surface area contributed by atoms with Crippen LogP contribution in [0.1, 0.15) is 32.1 Å². The van der Waals surface area contributed by atoms with Crippen molar-refractivity contribution in [1.29, 1.82) is 0 Å². The molecule has 1 unspecified atom stereocenters. The first-order valence-electron chi connectivity index (χ1n) is 4.88. The molecule has 5 nitrogen and oxygen atoms in total. The summed E-state index contributed by atoms with van der Waals surface area (Å²) >= 11 is 0. The van der Waals surface area contributed by atoms with Gasteiger partial charge in [0.1, 0.15) is 0 Å². The summed E-state index contributed by atoms with van der Waals surface area (Å²) in [6, 6.07) is 0.278. The summed E-state index contributed by atoms with van der Waals surface area (Å²) < 4.78 is 29.4. The maximum absolute atomic E-state index is 10.5. The monoisotopic (exact) mass is 223 g/mol. The number of aliphatic hydroxyl groups excluding tert-OH is 1. The van der Waals surface area contributed by atoms with E-state index < -0.39 is 15.6 Å². The highest BCUT2D eigenvalue weighted by molar-refractivity contribution is 7.86. The van der Waals surface area contributed by atoms with Gasteiger partial charge in [0.25, 0.3) is 10.1 Å².